The van der Waals surface area contributed by atoms with Crippen molar-refractivity contribution < 1.29 is 32.6 Å². The molecule has 0 unspecified atom stereocenters. The summed E-state index contributed by atoms with van der Waals surface area (Å²) in [5.41, 5.74) is 0.503. The molecule has 0 radical (unpaired) electrons. The minimum Gasteiger partial charge on any atom is -0.508 e. The van der Waals surface area contributed by atoms with E-state index in [1.807, 2.05) is 0 Å². The van der Waals surface area contributed by atoms with Gasteiger partial charge in [-0.05, 0) is 67.0 Å². The Kier molecular flexibility index (Phi) is 10.6. The van der Waals surface area contributed by atoms with Crippen molar-refractivity contribution in [3.63, 3.8) is 0 Å². The van der Waals surface area contributed by atoms with Crippen molar-refractivity contribution in [3.05, 3.63) is 99.0 Å². The lowest BCUT2D eigenvalue weighted by Crippen LogP contribution is -2.25. The van der Waals surface area contributed by atoms with Crippen molar-refractivity contribution >= 4 is 17.4 Å². The quantitative estimate of drug-likeness (QED) is 0.208. The summed E-state index contributed by atoms with van der Waals surface area (Å²) in [4.78, 5) is 34.6. The van der Waals surface area contributed by atoms with Gasteiger partial charge in [-0.3, -0.25) is 4.79 Å². The molecular formula is C28H25F3N2O5. The fourth-order valence-electron chi connectivity index (χ4n) is 3.12. The predicted molar refractivity (Wildman–Crippen MR) is 137 cm³/mol. The maximum Gasteiger partial charge on any atom is 0.417 e. The number of benzene rings is 2. The lowest BCUT2D eigenvalue weighted by molar-refractivity contribution is -0.137. The number of nitrogens with one attached hydrogen (secondary N) is 1. The van der Waals surface area contributed by atoms with Gasteiger partial charge < -0.3 is 15.2 Å². The van der Waals surface area contributed by atoms with Gasteiger partial charge in [-0.25, -0.2) is 4.79 Å². The molecule has 0 heterocycles. The van der Waals surface area contributed by atoms with E-state index < -0.39 is 36.0 Å². The van der Waals surface area contributed by atoms with Gasteiger partial charge in [-0.15, -0.1) is 0 Å². The van der Waals surface area contributed by atoms with Crippen LogP contribution in [0.1, 0.15) is 46.5 Å². The Morgan fingerprint density at radius 2 is 1.79 bits per heavy atom. The van der Waals surface area contributed by atoms with Crippen LogP contribution in [0.5, 0.6) is 5.75 Å². The summed E-state index contributed by atoms with van der Waals surface area (Å²) in [5, 5.41) is 14.7. The fourth-order valence-corrected chi connectivity index (χ4v) is 3.12. The van der Waals surface area contributed by atoms with Crippen molar-refractivity contribution in [3.8, 4) is 17.6 Å². The average molecular weight is 527 g/mol. The normalized spacial score (nSPS) is 12.1. The molecule has 0 saturated heterocycles. The molecule has 0 saturated carbocycles. The number of nitrogens with zero attached hydrogens (tertiary/aromatic N) is 1. The van der Waals surface area contributed by atoms with Gasteiger partial charge in [0.15, 0.2) is 6.61 Å². The number of carbonyl (C=O) groups excluding carboxylic acids is 2. The number of phenolic OH excluding ortho intramolecular Hbond substituents is 1. The minimum atomic E-state index is -4.74. The highest BCUT2D eigenvalue weighted by molar-refractivity contribution is 5.93. The second-order valence-electron chi connectivity index (χ2n) is 7.91. The van der Waals surface area contributed by atoms with Crippen molar-refractivity contribution in [1.82, 2.24) is 5.32 Å². The zero-order valence-corrected chi connectivity index (χ0v) is 20.8. The topological polar surface area (TPSA) is 105 Å². The van der Waals surface area contributed by atoms with Gasteiger partial charge >= 0.3 is 12.1 Å². The Hall–Kier alpha value is -4.65. The molecule has 0 atom stereocenters. The molecule has 10 heteroatoms. The maximum atomic E-state index is 13.5. The van der Waals surface area contributed by atoms with Crippen LogP contribution in [0, 0.1) is 16.7 Å². The first-order valence-electron chi connectivity index (χ1n) is 11.2. The summed E-state index contributed by atoms with van der Waals surface area (Å²) < 4.78 is 45.5. The third-order valence-corrected chi connectivity index (χ3v) is 5.03. The lowest BCUT2D eigenvalue weighted by atomic mass is 9.95. The summed E-state index contributed by atoms with van der Waals surface area (Å²) in [6, 6.07) is 7.04. The summed E-state index contributed by atoms with van der Waals surface area (Å²) in [6.45, 7) is 2.91. The van der Waals surface area contributed by atoms with Crippen LogP contribution in [0.3, 0.4) is 0 Å². The molecule has 0 bridgehead atoms. The number of phenols is 1. The van der Waals surface area contributed by atoms with Crippen LogP contribution < -0.4 is 5.32 Å². The van der Waals surface area contributed by atoms with Gasteiger partial charge in [0.1, 0.15) is 12.3 Å². The number of amides is 1. The number of alkyl halides is 3. The second kappa shape index (κ2) is 13.6. The van der Waals surface area contributed by atoms with E-state index in [9.17, 15) is 32.8 Å². The van der Waals surface area contributed by atoms with Crippen LogP contribution in [0.4, 0.5) is 13.2 Å². The number of aromatic hydroxyl groups is 1. The highest BCUT2D eigenvalue weighted by Crippen LogP contribution is 2.34. The summed E-state index contributed by atoms with van der Waals surface area (Å²) in [7, 11) is 1.39. The predicted octanol–water partition coefficient (Wildman–Crippen LogP) is 5.39. The number of nitroso groups, excluding NO2 is 1. The van der Waals surface area contributed by atoms with Crippen LogP contribution >= 0.6 is 0 Å². The smallest absolute Gasteiger partial charge is 0.417 e. The van der Waals surface area contributed by atoms with Crippen LogP contribution in [0.25, 0.3) is 5.57 Å². The molecule has 0 fully saturated rings. The fraction of sp³-hybridized carbons (Fsp3) is 0.214. The third-order valence-electron chi connectivity index (χ3n) is 5.03. The molecule has 2 aromatic carbocycles. The van der Waals surface area contributed by atoms with Crippen LogP contribution in [0.15, 0.2) is 71.5 Å². The molecule has 198 valence electrons. The van der Waals surface area contributed by atoms with Crippen molar-refractivity contribution in [2.24, 2.45) is 5.18 Å². The zero-order chi connectivity index (χ0) is 28.3. The summed E-state index contributed by atoms with van der Waals surface area (Å²) >= 11 is 0. The Labute approximate surface area is 217 Å². The molecule has 1 amide bonds. The van der Waals surface area contributed by atoms with E-state index in [4.69, 9.17) is 4.74 Å². The van der Waals surface area contributed by atoms with E-state index in [0.717, 1.165) is 12.1 Å². The Bertz CT molecular complexity index is 1360. The first-order valence-corrected chi connectivity index (χ1v) is 11.2. The standard InChI is InChI=1S/C28H25F3N2O5/c1-4-5-19(7-6-18(2)16-33-37)24-14-22(27(36)38-17-26(35)32-3)11-9-20(24)8-10-21-12-13-23(34)15-25(21)28(29,30)31/h4-7,9,11-15,34H,16-17H2,1-3H3,(H,32,35)/b5-4-,18-6+,19-7+. The number of rotatable bonds is 8. The Balaban J connectivity index is 2.69. The first-order chi connectivity index (χ1) is 18.0. The van der Waals surface area contributed by atoms with E-state index in [1.54, 1.807) is 38.2 Å². The molecule has 2 N–H and O–H groups in total. The highest BCUT2D eigenvalue weighted by Gasteiger charge is 2.33. The van der Waals surface area contributed by atoms with Gasteiger partial charge in [0.25, 0.3) is 5.91 Å². The van der Waals surface area contributed by atoms with E-state index in [2.05, 4.69) is 22.3 Å². The first kappa shape index (κ1) is 29.6. The van der Waals surface area contributed by atoms with E-state index in [-0.39, 0.29) is 23.2 Å². The SMILES string of the molecule is C\C=C/C(=C\C=C(/C)CN=O)c1cc(C(=O)OCC(=O)NC)ccc1C#Cc1ccc(O)cc1C(F)(F)F. The maximum absolute atomic E-state index is 13.5. The van der Waals surface area contributed by atoms with Gasteiger partial charge in [0, 0.05) is 18.2 Å². The number of carbonyl (C=O) groups is 2. The molecule has 2 rings (SSSR count). The van der Waals surface area contributed by atoms with Crippen molar-refractivity contribution in [2.45, 2.75) is 20.0 Å². The molecule has 0 aromatic heterocycles. The van der Waals surface area contributed by atoms with Crippen molar-refractivity contribution in [2.75, 3.05) is 20.2 Å². The number of ether oxygens (including phenoxy) is 1. The second-order valence-corrected chi connectivity index (χ2v) is 7.91. The molecule has 0 aliphatic heterocycles. The molecule has 38 heavy (non-hydrogen) atoms. The molecule has 2 aromatic rings. The zero-order valence-electron chi connectivity index (χ0n) is 20.8. The van der Waals surface area contributed by atoms with Gasteiger partial charge in [0.2, 0.25) is 0 Å². The van der Waals surface area contributed by atoms with Gasteiger partial charge in [-0.2, -0.15) is 18.1 Å². The van der Waals surface area contributed by atoms with E-state index in [1.165, 1.54) is 25.2 Å². The van der Waals surface area contributed by atoms with Crippen molar-refractivity contribution in [1.29, 1.82) is 0 Å². The number of hydrogen-bond acceptors (Lipinski definition) is 6. The number of esters is 1. The van der Waals surface area contributed by atoms with Gasteiger partial charge in [0.05, 0.1) is 11.1 Å². The van der Waals surface area contributed by atoms with E-state index in [0.29, 0.717) is 22.8 Å². The largest absolute Gasteiger partial charge is 0.508 e. The number of halogens is 3. The van der Waals surface area contributed by atoms with E-state index >= 15 is 0 Å². The summed E-state index contributed by atoms with van der Waals surface area (Å²) in [6.07, 6.45) is 1.96. The van der Waals surface area contributed by atoms with Crippen LogP contribution in [-0.2, 0) is 15.7 Å². The summed E-state index contributed by atoms with van der Waals surface area (Å²) in [5.74, 6) is 3.39. The van der Waals surface area contributed by atoms with Crippen LogP contribution in [-0.4, -0.2) is 37.2 Å². The Morgan fingerprint density at radius 3 is 2.42 bits per heavy atom. The minimum absolute atomic E-state index is 0.0424. The molecular weight excluding hydrogens is 501 g/mol. The average Bonchev–Trinajstić information content (AvgIpc) is 2.88. The lowest BCUT2D eigenvalue weighted by Gasteiger charge is -2.11. The van der Waals surface area contributed by atoms with Gasteiger partial charge in [-0.1, -0.05) is 41.3 Å². The molecule has 0 aliphatic carbocycles. The Morgan fingerprint density at radius 1 is 1.11 bits per heavy atom. The molecule has 7 nitrogen and oxygen atoms in total. The van der Waals surface area contributed by atoms with Crippen LogP contribution in [0.2, 0.25) is 0 Å². The monoisotopic (exact) mass is 526 g/mol. The highest BCUT2D eigenvalue weighted by atomic mass is 19.4. The number of allylic oxidation sites excluding steroid dienone is 5. The third kappa shape index (κ3) is 8.48. The molecule has 0 aliphatic rings. The number of likely N-dealkylation sites (N-methyl/N-ethyl adjacent to an activating group) is 1. The number of hydrogen-bond donors (Lipinski definition) is 2. The molecule has 0 spiro atoms.